The van der Waals surface area contributed by atoms with Crippen molar-refractivity contribution in [3.05, 3.63) is 17.7 Å². The Morgan fingerprint density at radius 3 is 2.17 bits per heavy atom. The number of rotatable bonds is 1. The summed E-state index contributed by atoms with van der Waals surface area (Å²) >= 11 is 0. The van der Waals surface area contributed by atoms with E-state index in [4.69, 9.17) is 14.9 Å². The monoisotopic (exact) mass is 188 g/mol. The van der Waals surface area contributed by atoms with Crippen LogP contribution in [0, 0.1) is 6.92 Å². The van der Waals surface area contributed by atoms with E-state index in [0.717, 1.165) is 6.07 Å². The molecule has 0 spiro atoms. The van der Waals surface area contributed by atoms with Crippen LogP contribution in [0.4, 0.5) is 0 Å². The lowest BCUT2D eigenvalue weighted by Crippen LogP contribution is -2.05. The van der Waals surface area contributed by atoms with Gasteiger partial charge < -0.3 is 20.0 Å². The van der Waals surface area contributed by atoms with Gasteiger partial charge in [-0.2, -0.15) is 0 Å². The Bertz CT molecular complexity index is 274. The molecule has 4 nitrogen and oxygen atoms in total. The van der Waals surface area contributed by atoms with Gasteiger partial charge in [0.1, 0.15) is 11.5 Å². The molecule has 12 heavy (non-hydrogen) atoms. The first-order chi connectivity index (χ1) is 5.52. The van der Waals surface area contributed by atoms with Gasteiger partial charge in [-0.1, -0.05) is 0 Å². The van der Waals surface area contributed by atoms with Gasteiger partial charge in [-0.3, -0.25) is 0 Å². The van der Waals surface area contributed by atoms with Gasteiger partial charge in [0.25, 0.3) is 0 Å². The second-order valence-corrected chi connectivity index (χ2v) is 3.45. The fourth-order valence-corrected chi connectivity index (χ4v) is 1.65. The highest BCUT2D eigenvalue weighted by Gasteiger charge is 2.14. The molecule has 5 heteroatoms. The second-order valence-electron chi connectivity index (χ2n) is 2.42. The molecule has 0 unspecified atom stereocenters. The van der Waals surface area contributed by atoms with E-state index in [1.807, 2.05) is 0 Å². The average molecular weight is 188 g/mol. The summed E-state index contributed by atoms with van der Waals surface area (Å²) < 4.78 is 0. The standard InChI is InChI=1S/C7H9O4P/c1-4-2-5(8)3-6(9)7(4)12(10)11/h2-3,8-11H,1H3. The molecule has 0 radical (unpaired) electrons. The lowest BCUT2D eigenvalue weighted by Gasteiger charge is -2.08. The molecule has 66 valence electrons. The van der Waals surface area contributed by atoms with Gasteiger partial charge in [0.2, 0.25) is 8.38 Å². The highest BCUT2D eigenvalue weighted by Crippen LogP contribution is 2.32. The van der Waals surface area contributed by atoms with E-state index >= 15 is 0 Å². The van der Waals surface area contributed by atoms with Gasteiger partial charge in [-0.25, -0.2) is 0 Å². The van der Waals surface area contributed by atoms with Crippen LogP contribution in [0.15, 0.2) is 12.1 Å². The maximum atomic E-state index is 9.18. The Morgan fingerprint density at radius 1 is 1.17 bits per heavy atom. The number of aromatic hydroxyl groups is 2. The Hall–Kier alpha value is -0.830. The quantitative estimate of drug-likeness (QED) is 0.478. The van der Waals surface area contributed by atoms with Crippen molar-refractivity contribution in [1.82, 2.24) is 0 Å². The average Bonchev–Trinajstić information content (AvgIpc) is 1.82. The minimum absolute atomic E-state index is 0.0859. The summed E-state index contributed by atoms with van der Waals surface area (Å²) in [5.74, 6) is -0.380. The van der Waals surface area contributed by atoms with Crippen LogP contribution >= 0.6 is 8.38 Å². The van der Waals surface area contributed by atoms with Crippen LogP contribution in [-0.2, 0) is 0 Å². The Kier molecular flexibility index (Phi) is 2.52. The van der Waals surface area contributed by atoms with Crippen LogP contribution in [-0.4, -0.2) is 20.0 Å². The number of phenolic OH excluding ortho intramolecular Hbond substituents is 2. The molecule has 0 aliphatic rings. The predicted octanol–water partition coefficient (Wildman–Crippen LogP) is 0.328. The lowest BCUT2D eigenvalue weighted by atomic mass is 10.2. The molecule has 4 N–H and O–H groups in total. The van der Waals surface area contributed by atoms with E-state index in [2.05, 4.69) is 0 Å². The van der Waals surface area contributed by atoms with E-state index < -0.39 is 8.38 Å². The van der Waals surface area contributed by atoms with Crippen molar-refractivity contribution in [2.75, 3.05) is 0 Å². The third-order valence-corrected chi connectivity index (χ3v) is 2.45. The third kappa shape index (κ3) is 1.67. The Balaban J connectivity index is 3.28. The first-order valence-electron chi connectivity index (χ1n) is 3.23. The normalized spacial score (nSPS) is 10.7. The van der Waals surface area contributed by atoms with E-state index in [9.17, 15) is 5.11 Å². The molecule has 0 bridgehead atoms. The molecular formula is C7H9O4P. The summed E-state index contributed by atoms with van der Waals surface area (Å²) in [4.78, 5) is 17.7. The maximum Gasteiger partial charge on any atom is 0.203 e. The SMILES string of the molecule is Cc1cc(O)cc(O)c1P(O)O. The fourth-order valence-electron chi connectivity index (χ4n) is 1.00. The van der Waals surface area contributed by atoms with Crippen LogP contribution in [0.2, 0.25) is 0 Å². The number of benzene rings is 1. The Labute approximate surface area is 70.6 Å². The smallest absolute Gasteiger partial charge is 0.203 e. The molecule has 0 aliphatic carbocycles. The number of hydrogen-bond donors (Lipinski definition) is 4. The van der Waals surface area contributed by atoms with Gasteiger partial charge in [-0.05, 0) is 18.6 Å². The molecule has 0 amide bonds. The van der Waals surface area contributed by atoms with Gasteiger partial charge >= 0.3 is 0 Å². The molecule has 1 aromatic carbocycles. The maximum absolute atomic E-state index is 9.18. The molecule has 1 rings (SSSR count). The predicted molar refractivity (Wildman–Crippen MR) is 45.5 cm³/mol. The molecule has 0 fully saturated rings. The summed E-state index contributed by atoms with van der Waals surface area (Å²) in [6, 6.07) is 2.43. The lowest BCUT2D eigenvalue weighted by molar-refractivity contribution is 0.449. The van der Waals surface area contributed by atoms with Crippen molar-refractivity contribution in [2.45, 2.75) is 6.92 Å². The number of aryl methyl sites for hydroxylation is 1. The molecule has 0 heterocycles. The summed E-state index contributed by atoms with van der Waals surface area (Å²) in [5, 5.41) is 18.2. The highest BCUT2D eigenvalue weighted by molar-refractivity contribution is 7.54. The molecule has 1 aromatic rings. The van der Waals surface area contributed by atoms with Crippen molar-refractivity contribution < 1.29 is 20.0 Å². The van der Waals surface area contributed by atoms with E-state index in [0.29, 0.717) is 5.56 Å². The first-order valence-corrected chi connectivity index (χ1v) is 4.47. The van der Waals surface area contributed by atoms with Crippen LogP contribution < -0.4 is 5.30 Å². The second kappa shape index (κ2) is 3.27. The van der Waals surface area contributed by atoms with E-state index in [1.54, 1.807) is 6.92 Å². The highest BCUT2D eigenvalue weighted by atomic mass is 31.2. The van der Waals surface area contributed by atoms with Gasteiger partial charge in [0.15, 0.2) is 0 Å². The molecule has 0 aliphatic heterocycles. The zero-order valence-corrected chi connectivity index (χ0v) is 7.29. The van der Waals surface area contributed by atoms with Crippen molar-refractivity contribution in [3.63, 3.8) is 0 Å². The van der Waals surface area contributed by atoms with Crippen molar-refractivity contribution in [2.24, 2.45) is 0 Å². The summed E-state index contributed by atoms with van der Waals surface area (Å²) in [5.41, 5.74) is 0.462. The number of phenols is 2. The Morgan fingerprint density at radius 2 is 1.75 bits per heavy atom. The van der Waals surface area contributed by atoms with Crippen LogP contribution in [0.5, 0.6) is 11.5 Å². The molecular weight excluding hydrogens is 179 g/mol. The largest absolute Gasteiger partial charge is 0.508 e. The molecule has 0 saturated heterocycles. The summed E-state index contributed by atoms with van der Waals surface area (Å²) in [6.07, 6.45) is 0. The van der Waals surface area contributed by atoms with Gasteiger partial charge in [0, 0.05) is 6.07 Å². The third-order valence-electron chi connectivity index (χ3n) is 1.47. The van der Waals surface area contributed by atoms with Crippen LogP contribution in [0.1, 0.15) is 5.56 Å². The van der Waals surface area contributed by atoms with E-state index in [-0.39, 0.29) is 16.8 Å². The van der Waals surface area contributed by atoms with Crippen molar-refractivity contribution >= 4 is 13.7 Å². The fraction of sp³-hybridized carbons (Fsp3) is 0.143. The summed E-state index contributed by atoms with van der Waals surface area (Å²) in [6.45, 7) is 1.58. The first kappa shape index (κ1) is 9.26. The molecule has 0 atom stereocenters. The minimum atomic E-state index is -2.31. The minimum Gasteiger partial charge on any atom is -0.508 e. The molecule has 0 saturated carbocycles. The zero-order valence-electron chi connectivity index (χ0n) is 6.39. The van der Waals surface area contributed by atoms with Crippen LogP contribution in [0.3, 0.4) is 0 Å². The van der Waals surface area contributed by atoms with Gasteiger partial charge in [-0.15, -0.1) is 0 Å². The topological polar surface area (TPSA) is 80.9 Å². The van der Waals surface area contributed by atoms with Crippen molar-refractivity contribution in [1.29, 1.82) is 0 Å². The zero-order chi connectivity index (χ0) is 9.30. The number of hydrogen-bond acceptors (Lipinski definition) is 4. The summed E-state index contributed by atoms with van der Waals surface area (Å²) in [7, 11) is -2.31. The molecule has 0 aromatic heterocycles. The van der Waals surface area contributed by atoms with Crippen molar-refractivity contribution in [3.8, 4) is 11.5 Å². The van der Waals surface area contributed by atoms with Gasteiger partial charge in [0.05, 0.1) is 5.30 Å². The van der Waals surface area contributed by atoms with E-state index in [1.165, 1.54) is 6.07 Å². The van der Waals surface area contributed by atoms with Crippen LogP contribution in [0.25, 0.3) is 0 Å².